The van der Waals surface area contributed by atoms with Crippen LogP contribution < -0.4 is 20.1 Å². The van der Waals surface area contributed by atoms with E-state index in [9.17, 15) is 4.79 Å². The third-order valence-electron chi connectivity index (χ3n) is 5.44. The van der Waals surface area contributed by atoms with Crippen LogP contribution in [0.25, 0.3) is 10.8 Å². The molecular formula is C25H22N2O5. The maximum Gasteiger partial charge on any atom is 0.373 e. The van der Waals surface area contributed by atoms with Gasteiger partial charge in [-0.05, 0) is 47.3 Å². The Bertz CT molecular complexity index is 1260. The normalized spacial score (nSPS) is 12.7. The molecule has 5 rings (SSSR count). The molecule has 0 amide bonds. The van der Waals surface area contributed by atoms with Crippen molar-refractivity contribution in [3.8, 4) is 11.5 Å². The van der Waals surface area contributed by atoms with Crippen LogP contribution in [-0.4, -0.2) is 20.2 Å². The summed E-state index contributed by atoms with van der Waals surface area (Å²) in [7, 11) is 2.91. The molecule has 0 saturated heterocycles. The molecule has 1 aliphatic heterocycles. The first-order valence-corrected chi connectivity index (χ1v) is 10.2. The van der Waals surface area contributed by atoms with E-state index >= 15 is 0 Å². The summed E-state index contributed by atoms with van der Waals surface area (Å²) in [6.07, 6.45) is -0.119. The molecule has 2 N–H and O–H groups in total. The number of hydrogen-bond acceptors (Lipinski definition) is 7. The SMILES string of the molecule is COC(=O)c1ccc(COc2ccc(C3Nc4cccc5cccc(c45)N3)cc2OC)o1. The van der Waals surface area contributed by atoms with E-state index in [1.807, 2.05) is 18.2 Å². The van der Waals surface area contributed by atoms with Crippen molar-refractivity contribution in [2.75, 3.05) is 24.9 Å². The van der Waals surface area contributed by atoms with Gasteiger partial charge >= 0.3 is 5.97 Å². The molecule has 2 heterocycles. The minimum atomic E-state index is -0.525. The highest BCUT2D eigenvalue weighted by atomic mass is 16.5. The number of carbonyl (C=O) groups is 1. The molecule has 1 aliphatic rings. The number of methoxy groups -OCH3 is 2. The molecule has 1 aromatic heterocycles. The Hall–Kier alpha value is -4.13. The van der Waals surface area contributed by atoms with E-state index in [1.54, 1.807) is 19.2 Å². The van der Waals surface area contributed by atoms with Crippen molar-refractivity contribution in [3.05, 3.63) is 83.8 Å². The summed E-state index contributed by atoms with van der Waals surface area (Å²) < 4.78 is 21.5. The molecule has 0 bridgehead atoms. The van der Waals surface area contributed by atoms with Gasteiger partial charge < -0.3 is 29.3 Å². The quantitative estimate of drug-likeness (QED) is 0.399. The maximum atomic E-state index is 11.5. The van der Waals surface area contributed by atoms with E-state index in [2.05, 4.69) is 51.8 Å². The second-order valence-electron chi connectivity index (χ2n) is 7.39. The summed E-state index contributed by atoms with van der Waals surface area (Å²) in [5.74, 6) is 1.30. The number of furan rings is 1. The first-order chi connectivity index (χ1) is 15.7. The van der Waals surface area contributed by atoms with Gasteiger partial charge in [-0.2, -0.15) is 0 Å². The number of nitrogens with one attached hydrogen (secondary N) is 2. The number of anilines is 2. The largest absolute Gasteiger partial charge is 0.493 e. The standard InChI is InChI=1S/C25H22N2O5/c1-29-22-13-16(9-11-20(22)31-14-17-10-12-21(32-17)25(28)30-2)24-26-18-7-3-5-15-6-4-8-19(27-24)23(15)18/h3-13,24,26-27H,14H2,1-2H3. The van der Waals surface area contributed by atoms with Crippen molar-refractivity contribution in [2.45, 2.75) is 12.8 Å². The van der Waals surface area contributed by atoms with Crippen LogP contribution in [0.15, 0.2) is 71.1 Å². The highest BCUT2D eigenvalue weighted by Crippen LogP contribution is 2.40. The van der Waals surface area contributed by atoms with Gasteiger partial charge in [0.15, 0.2) is 11.5 Å². The Morgan fingerprint density at radius 2 is 1.69 bits per heavy atom. The lowest BCUT2D eigenvalue weighted by Crippen LogP contribution is -2.23. The minimum Gasteiger partial charge on any atom is -0.493 e. The molecule has 0 spiro atoms. The lowest BCUT2D eigenvalue weighted by atomic mass is 10.0. The van der Waals surface area contributed by atoms with Crippen molar-refractivity contribution in [3.63, 3.8) is 0 Å². The summed E-state index contributed by atoms with van der Waals surface area (Å²) >= 11 is 0. The predicted octanol–water partition coefficient (Wildman–Crippen LogP) is 5.34. The van der Waals surface area contributed by atoms with Crippen molar-refractivity contribution in [1.29, 1.82) is 0 Å². The van der Waals surface area contributed by atoms with Gasteiger partial charge in [0.05, 0.1) is 14.2 Å². The van der Waals surface area contributed by atoms with Gasteiger partial charge in [0, 0.05) is 16.8 Å². The fourth-order valence-electron chi connectivity index (χ4n) is 3.89. The molecule has 7 heteroatoms. The van der Waals surface area contributed by atoms with E-state index in [-0.39, 0.29) is 18.5 Å². The van der Waals surface area contributed by atoms with Gasteiger partial charge in [0.1, 0.15) is 18.5 Å². The number of esters is 1. The average Bonchev–Trinajstić information content (AvgIpc) is 3.31. The van der Waals surface area contributed by atoms with E-state index in [0.29, 0.717) is 17.3 Å². The zero-order valence-corrected chi connectivity index (χ0v) is 17.7. The van der Waals surface area contributed by atoms with Gasteiger partial charge in [-0.25, -0.2) is 4.79 Å². The first-order valence-electron chi connectivity index (χ1n) is 10.2. The molecule has 0 radical (unpaired) electrons. The van der Waals surface area contributed by atoms with Gasteiger partial charge in [0.2, 0.25) is 5.76 Å². The molecular weight excluding hydrogens is 408 g/mol. The Kier molecular flexibility index (Phi) is 5.07. The first kappa shape index (κ1) is 19.8. The molecule has 0 aliphatic carbocycles. The maximum absolute atomic E-state index is 11.5. The molecule has 4 aromatic rings. The van der Waals surface area contributed by atoms with E-state index < -0.39 is 5.97 Å². The monoisotopic (exact) mass is 430 g/mol. The van der Waals surface area contributed by atoms with Crippen LogP contribution in [0, 0.1) is 0 Å². The van der Waals surface area contributed by atoms with E-state index in [4.69, 9.17) is 13.9 Å². The molecule has 32 heavy (non-hydrogen) atoms. The van der Waals surface area contributed by atoms with Crippen molar-refractivity contribution < 1.29 is 23.4 Å². The van der Waals surface area contributed by atoms with E-state index in [0.717, 1.165) is 16.9 Å². The molecule has 3 aromatic carbocycles. The number of carbonyl (C=O) groups excluding carboxylic acids is 1. The minimum absolute atomic E-state index is 0.119. The number of hydrogen-bond donors (Lipinski definition) is 2. The second kappa shape index (κ2) is 8.19. The summed E-state index contributed by atoms with van der Waals surface area (Å²) in [5.41, 5.74) is 3.17. The van der Waals surface area contributed by atoms with Crippen molar-refractivity contribution in [1.82, 2.24) is 0 Å². The molecule has 7 nitrogen and oxygen atoms in total. The molecule has 0 saturated carbocycles. The summed E-state index contributed by atoms with van der Waals surface area (Å²) in [6, 6.07) is 21.5. The van der Waals surface area contributed by atoms with Crippen LogP contribution in [0.1, 0.15) is 28.0 Å². The van der Waals surface area contributed by atoms with Crippen LogP contribution >= 0.6 is 0 Å². The van der Waals surface area contributed by atoms with Gasteiger partial charge in [-0.3, -0.25) is 0 Å². The van der Waals surface area contributed by atoms with E-state index in [1.165, 1.54) is 17.9 Å². The average molecular weight is 430 g/mol. The van der Waals surface area contributed by atoms with Crippen LogP contribution in [0.3, 0.4) is 0 Å². The zero-order chi connectivity index (χ0) is 22.1. The summed E-state index contributed by atoms with van der Waals surface area (Å²) in [5, 5.41) is 9.49. The fourth-order valence-corrected chi connectivity index (χ4v) is 3.89. The smallest absolute Gasteiger partial charge is 0.373 e. The number of rotatable bonds is 6. The van der Waals surface area contributed by atoms with Crippen molar-refractivity contribution >= 4 is 28.1 Å². The van der Waals surface area contributed by atoms with Crippen molar-refractivity contribution in [2.24, 2.45) is 0 Å². The third kappa shape index (κ3) is 3.58. The summed E-state index contributed by atoms with van der Waals surface area (Å²) in [6.45, 7) is 0.155. The fraction of sp³-hybridized carbons (Fsp3) is 0.160. The Morgan fingerprint density at radius 3 is 2.38 bits per heavy atom. The molecule has 162 valence electrons. The van der Waals surface area contributed by atoms with Crippen LogP contribution in [0.4, 0.5) is 11.4 Å². The lowest BCUT2D eigenvalue weighted by Gasteiger charge is -2.30. The Labute approximate surface area is 184 Å². The summed E-state index contributed by atoms with van der Waals surface area (Å²) in [4.78, 5) is 11.5. The molecule has 0 atom stereocenters. The number of benzene rings is 3. The van der Waals surface area contributed by atoms with Gasteiger partial charge in [-0.1, -0.05) is 30.3 Å². The zero-order valence-electron chi connectivity index (χ0n) is 17.7. The lowest BCUT2D eigenvalue weighted by molar-refractivity contribution is 0.0561. The predicted molar refractivity (Wildman–Crippen MR) is 121 cm³/mol. The Morgan fingerprint density at radius 1 is 0.938 bits per heavy atom. The third-order valence-corrected chi connectivity index (χ3v) is 5.44. The molecule has 0 unspecified atom stereocenters. The molecule has 0 fully saturated rings. The highest BCUT2D eigenvalue weighted by molar-refractivity contribution is 6.04. The van der Waals surface area contributed by atoms with Crippen LogP contribution in [0.2, 0.25) is 0 Å². The Balaban J connectivity index is 1.35. The second-order valence-corrected chi connectivity index (χ2v) is 7.39. The van der Waals surface area contributed by atoms with Crippen LogP contribution in [0.5, 0.6) is 11.5 Å². The topological polar surface area (TPSA) is 82.0 Å². The van der Waals surface area contributed by atoms with Gasteiger partial charge in [-0.15, -0.1) is 0 Å². The van der Waals surface area contributed by atoms with Crippen LogP contribution in [-0.2, 0) is 11.3 Å². The van der Waals surface area contributed by atoms with Gasteiger partial charge in [0.25, 0.3) is 0 Å². The number of ether oxygens (including phenoxy) is 3. The highest BCUT2D eigenvalue weighted by Gasteiger charge is 2.21.